The van der Waals surface area contributed by atoms with E-state index in [1.54, 1.807) is 6.20 Å². The normalized spacial score (nSPS) is 18.1. The first kappa shape index (κ1) is 19.5. The minimum Gasteiger partial charge on any atom is -0.387 e. The Labute approximate surface area is 163 Å². The van der Waals surface area contributed by atoms with E-state index in [9.17, 15) is 4.79 Å². The van der Waals surface area contributed by atoms with E-state index in [-0.39, 0.29) is 11.9 Å². The zero-order chi connectivity index (χ0) is 19.6. The van der Waals surface area contributed by atoms with E-state index in [0.29, 0.717) is 25.6 Å². The van der Waals surface area contributed by atoms with Gasteiger partial charge in [0, 0.05) is 25.3 Å². The number of carbonyl (C=O) groups is 1. The number of hydrazine groups is 1. The summed E-state index contributed by atoms with van der Waals surface area (Å²) >= 11 is 6.26. The largest absolute Gasteiger partial charge is 0.387 e. The van der Waals surface area contributed by atoms with Gasteiger partial charge in [-0.1, -0.05) is 11.6 Å². The first-order valence-electron chi connectivity index (χ1n) is 8.84. The van der Waals surface area contributed by atoms with Crippen molar-refractivity contribution in [2.24, 2.45) is 0 Å². The number of hydrogen-bond donors (Lipinski definition) is 2. The molecular weight excluding hydrogens is 370 g/mol. The number of halogens is 1. The minimum absolute atomic E-state index is 0.267. The fourth-order valence-electron chi connectivity index (χ4n) is 3.20. The Morgan fingerprint density at radius 3 is 2.85 bits per heavy atom. The lowest BCUT2D eigenvalue weighted by atomic mass is 10.2. The maximum Gasteiger partial charge on any atom is 0.249 e. The summed E-state index contributed by atoms with van der Waals surface area (Å²) in [5.74, 6) is 1.01. The van der Waals surface area contributed by atoms with Gasteiger partial charge >= 0.3 is 0 Å². The molecule has 1 atom stereocenters. The van der Waals surface area contributed by atoms with E-state index < -0.39 is 12.1 Å². The molecule has 146 valence electrons. The molecule has 0 bridgehead atoms. The maximum atomic E-state index is 11.7. The molecule has 1 saturated heterocycles. The summed E-state index contributed by atoms with van der Waals surface area (Å²) in [6.45, 7) is 7.00. The molecule has 2 aromatic rings. The number of hydrogen-bond acceptors (Lipinski definition) is 7. The number of imidazole rings is 1. The van der Waals surface area contributed by atoms with Crippen LogP contribution in [0, 0.1) is 6.92 Å². The van der Waals surface area contributed by atoms with E-state index in [0.717, 1.165) is 17.2 Å². The standard InChI is InChI=1S/C17H24ClN7O2/c1-11(2)25-12(3)20-8-14(25)13-4-5-19-17(21-13)22-23-6-7-24(15(18)9-23)16(27)10-26/h4-5,8,11,15,26H,6-7,9-10H2,1-3H3,(H,19,21,22). The lowest BCUT2D eigenvalue weighted by Gasteiger charge is -2.38. The number of anilines is 1. The third-order valence-corrected chi connectivity index (χ3v) is 4.82. The fourth-order valence-corrected chi connectivity index (χ4v) is 3.58. The molecule has 0 aliphatic carbocycles. The monoisotopic (exact) mass is 393 g/mol. The van der Waals surface area contributed by atoms with Crippen molar-refractivity contribution in [1.29, 1.82) is 0 Å². The fraction of sp³-hybridized carbons (Fsp3) is 0.529. The number of nitrogens with zero attached hydrogens (tertiary/aromatic N) is 6. The molecule has 10 heteroatoms. The Balaban J connectivity index is 1.73. The number of carbonyl (C=O) groups excluding carboxylic acids is 1. The molecule has 0 radical (unpaired) electrons. The molecule has 9 nitrogen and oxygen atoms in total. The van der Waals surface area contributed by atoms with E-state index in [1.165, 1.54) is 4.90 Å². The quantitative estimate of drug-likeness (QED) is 0.582. The Bertz CT molecular complexity index is 810. The summed E-state index contributed by atoms with van der Waals surface area (Å²) in [5.41, 5.74) is 4.33. The van der Waals surface area contributed by atoms with Gasteiger partial charge in [0.15, 0.2) is 0 Å². The van der Waals surface area contributed by atoms with Crippen LogP contribution in [-0.4, -0.2) is 72.2 Å². The van der Waals surface area contributed by atoms with Crippen molar-refractivity contribution in [3.63, 3.8) is 0 Å². The second kappa shape index (κ2) is 8.20. The van der Waals surface area contributed by atoms with Crippen LogP contribution in [0.4, 0.5) is 5.95 Å². The molecule has 2 N–H and O–H groups in total. The highest BCUT2D eigenvalue weighted by molar-refractivity contribution is 6.21. The van der Waals surface area contributed by atoms with Crippen molar-refractivity contribution < 1.29 is 9.90 Å². The smallest absolute Gasteiger partial charge is 0.249 e. The topological polar surface area (TPSA) is 99.4 Å². The van der Waals surface area contributed by atoms with Crippen molar-refractivity contribution in [2.45, 2.75) is 32.3 Å². The van der Waals surface area contributed by atoms with E-state index in [1.807, 2.05) is 24.2 Å². The Hall–Kier alpha value is -2.23. The number of rotatable bonds is 5. The van der Waals surface area contributed by atoms with Crippen molar-refractivity contribution in [2.75, 3.05) is 31.7 Å². The molecule has 0 aromatic carbocycles. The minimum atomic E-state index is -0.537. The first-order valence-corrected chi connectivity index (χ1v) is 9.27. The zero-order valence-corrected chi connectivity index (χ0v) is 16.4. The molecule has 1 amide bonds. The van der Waals surface area contributed by atoms with Crippen LogP contribution in [0.15, 0.2) is 18.5 Å². The molecule has 1 aliphatic rings. The summed E-state index contributed by atoms with van der Waals surface area (Å²) in [5, 5.41) is 10.9. The van der Waals surface area contributed by atoms with Crippen LogP contribution < -0.4 is 5.43 Å². The van der Waals surface area contributed by atoms with Gasteiger partial charge in [0.1, 0.15) is 17.9 Å². The molecule has 3 rings (SSSR count). The second-order valence-corrected chi connectivity index (χ2v) is 7.16. The molecule has 27 heavy (non-hydrogen) atoms. The van der Waals surface area contributed by atoms with Crippen molar-refractivity contribution in [1.82, 2.24) is 29.4 Å². The Kier molecular flexibility index (Phi) is 5.93. The molecule has 0 saturated carbocycles. The Morgan fingerprint density at radius 2 is 2.19 bits per heavy atom. The number of aliphatic hydroxyl groups excluding tert-OH is 1. The van der Waals surface area contributed by atoms with Gasteiger partial charge in [0.2, 0.25) is 11.9 Å². The Morgan fingerprint density at radius 1 is 1.41 bits per heavy atom. The van der Waals surface area contributed by atoms with Crippen molar-refractivity contribution >= 4 is 23.5 Å². The third kappa shape index (κ3) is 4.20. The van der Waals surface area contributed by atoms with Crippen LogP contribution in [0.5, 0.6) is 0 Å². The van der Waals surface area contributed by atoms with Gasteiger partial charge in [0.05, 0.1) is 24.1 Å². The van der Waals surface area contributed by atoms with Crippen LogP contribution in [-0.2, 0) is 4.79 Å². The predicted octanol–water partition coefficient (Wildman–Crippen LogP) is 1.26. The predicted molar refractivity (Wildman–Crippen MR) is 102 cm³/mol. The van der Waals surface area contributed by atoms with Gasteiger partial charge in [-0.05, 0) is 26.8 Å². The van der Waals surface area contributed by atoms with E-state index in [4.69, 9.17) is 16.7 Å². The van der Waals surface area contributed by atoms with E-state index in [2.05, 4.69) is 38.8 Å². The van der Waals surface area contributed by atoms with Crippen molar-refractivity contribution in [3.8, 4) is 11.4 Å². The number of nitrogens with one attached hydrogen (secondary N) is 1. The second-order valence-electron chi connectivity index (χ2n) is 6.66. The molecule has 2 aromatic heterocycles. The molecule has 0 spiro atoms. The maximum absolute atomic E-state index is 11.7. The average Bonchev–Trinajstić information content (AvgIpc) is 3.03. The molecule has 3 heterocycles. The van der Waals surface area contributed by atoms with Gasteiger partial charge in [-0.15, -0.1) is 0 Å². The average molecular weight is 394 g/mol. The van der Waals surface area contributed by atoms with Crippen LogP contribution in [0.25, 0.3) is 11.4 Å². The summed E-state index contributed by atoms with van der Waals surface area (Å²) < 4.78 is 2.13. The summed E-state index contributed by atoms with van der Waals surface area (Å²) in [6, 6.07) is 2.12. The number of alkyl halides is 1. The lowest BCUT2D eigenvalue weighted by molar-refractivity contribution is -0.136. The van der Waals surface area contributed by atoms with Crippen LogP contribution in [0.1, 0.15) is 25.7 Å². The van der Waals surface area contributed by atoms with Gasteiger partial charge < -0.3 is 14.6 Å². The van der Waals surface area contributed by atoms with Gasteiger partial charge in [-0.2, -0.15) is 0 Å². The number of aryl methyl sites for hydroxylation is 1. The van der Waals surface area contributed by atoms with Crippen molar-refractivity contribution in [3.05, 3.63) is 24.3 Å². The van der Waals surface area contributed by atoms with Gasteiger partial charge in [-0.25, -0.2) is 20.0 Å². The van der Waals surface area contributed by atoms with Crippen LogP contribution in [0.3, 0.4) is 0 Å². The molecule has 1 unspecified atom stereocenters. The van der Waals surface area contributed by atoms with Gasteiger partial charge in [0.25, 0.3) is 0 Å². The molecule has 1 fully saturated rings. The number of aromatic nitrogens is 4. The van der Waals surface area contributed by atoms with Crippen LogP contribution in [0.2, 0.25) is 0 Å². The first-order chi connectivity index (χ1) is 12.9. The number of amides is 1. The lowest BCUT2D eigenvalue weighted by Crippen LogP contribution is -2.55. The third-order valence-electron chi connectivity index (χ3n) is 4.45. The van der Waals surface area contributed by atoms with Gasteiger partial charge in [-0.3, -0.25) is 10.2 Å². The number of aliphatic hydroxyl groups is 1. The summed E-state index contributed by atoms with van der Waals surface area (Å²) in [4.78, 5) is 26.4. The van der Waals surface area contributed by atoms with E-state index >= 15 is 0 Å². The summed E-state index contributed by atoms with van der Waals surface area (Å²) in [6.07, 6.45) is 3.51. The number of piperazine rings is 1. The van der Waals surface area contributed by atoms with Crippen LogP contribution >= 0.6 is 11.6 Å². The highest BCUT2D eigenvalue weighted by atomic mass is 35.5. The zero-order valence-electron chi connectivity index (χ0n) is 15.6. The molecule has 1 aliphatic heterocycles. The molecular formula is C17H24ClN7O2. The highest BCUT2D eigenvalue weighted by Gasteiger charge is 2.29. The highest BCUT2D eigenvalue weighted by Crippen LogP contribution is 2.23. The summed E-state index contributed by atoms with van der Waals surface area (Å²) in [7, 11) is 0. The SMILES string of the molecule is Cc1ncc(-c2ccnc(NN3CCN(C(=O)CO)C(Cl)C3)n2)n1C(C)C.